The third-order valence-corrected chi connectivity index (χ3v) is 5.38. The van der Waals surface area contributed by atoms with Gasteiger partial charge in [0.25, 0.3) is 0 Å². The minimum Gasteiger partial charge on any atom is -0.206 e. The molecule has 0 bridgehead atoms. The van der Waals surface area contributed by atoms with Gasteiger partial charge in [0.05, 0.1) is 0 Å². The zero-order chi connectivity index (χ0) is 15.7. The van der Waals surface area contributed by atoms with E-state index in [2.05, 4.69) is 19.9 Å². The van der Waals surface area contributed by atoms with E-state index in [9.17, 15) is 4.39 Å². The van der Waals surface area contributed by atoms with E-state index in [0.717, 1.165) is 11.1 Å². The molecule has 0 amide bonds. The summed E-state index contributed by atoms with van der Waals surface area (Å²) in [4.78, 5) is 0. The van der Waals surface area contributed by atoms with Crippen LogP contribution < -0.4 is 0 Å². The van der Waals surface area contributed by atoms with Gasteiger partial charge in [-0.2, -0.15) is 0 Å². The predicted octanol–water partition coefficient (Wildman–Crippen LogP) is 6.53. The maximum atomic E-state index is 14.3. The van der Waals surface area contributed by atoms with Crippen LogP contribution in [-0.4, -0.2) is 0 Å². The molecule has 22 heavy (non-hydrogen) atoms. The van der Waals surface area contributed by atoms with Crippen LogP contribution in [0, 0.1) is 11.2 Å². The van der Waals surface area contributed by atoms with Crippen molar-refractivity contribution in [1.82, 2.24) is 0 Å². The fourth-order valence-electron chi connectivity index (χ4n) is 3.81. The van der Waals surface area contributed by atoms with E-state index in [1.165, 1.54) is 30.9 Å². The van der Waals surface area contributed by atoms with Crippen molar-refractivity contribution >= 4 is 11.6 Å². The van der Waals surface area contributed by atoms with Crippen LogP contribution in [0.5, 0.6) is 0 Å². The van der Waals surface area contributed by atoms with Crippen LogP contribution >= 0.6 is 11.6 Å². The molecule has 1 atom stereocenters. The standard InChI is InChI=1S/C20H22ClF/c1-20(2)11-5-7-18(20)17-12-14(13-21)9-10-15(17)16-6-3-4-8-19(16)22/h3-4,6,8-10,12,18H,5,7,11,13H2,1-2H3. The number of rotatable bonds is 3. The Kier molecular flexibility index (Phi) is 4.27. The molecular formula is C20H22ClF. The van der Waals surface area contributed by atoms with Crippen LogP contribution in [0.1, 0.15) is 50.2 Å². The van der Waals surface area contributed by atoms with Gasteiger partial charge in [-0.15, -0.1) is 11.6 Å². The molecule has 0 radical (unpaired) electrons. The number of hydrogen-bond acceptors (Lipinski definition) is 0. The Morgan fingerprint density at radius 1 is 1.14 bits per heavy atom. The third-order valence-electron chi connectivity index (χ3n) is 5.07. The lowest BCUT2D eigenvalue weighted by atomic mass is 9.75. The van der Waals surface area contributed by atoms with E-state index in [-0.39, 0.29) is 11.2 Å². The van der Waals surface area contributed by atoms with Crippen LogP contribution in [-0.2, 0) is 5.88 Å². The molecule has 1 unspecified atom stereocenters. The molecule has 2 heteroatoms. The number of benzene rings is 2. The largest absolute Gasteiger partial charge is 0.206 e. The van der Waals surface area contributed by atoms with Crippen LogP contribution in [0.25, 0.3) is 11.1 Å². The van der Waals surface area contributed by atoms with Crippen molar-refractivity contribution < 1.29 is 4.39 Å². The molecule has 0 heterocycles. The van der Waals surface area contributed by atoms with E-state index < -0.39 is 0 Å². The Bertz CT molecular complexity index is 675. The summed E-state index contributed by atoms with van der Waals surface area (Å²) in [6.45, 7) is 4.65. The Labute approximate surface area is 137 Å². The molecule has 2 aromatic rings. The van der Waals surface area contributed by atoms with Gasteiger partial charge in [0.15, 0.2) is 0 Å². The lowest BCUT2D eigenvalue weighted by Gasteiger charge is -2.29. The van der Waals surface area contributed by atoms with Crippen molar-refractivity contribution in [2.75, 3.05) is 0 Å². The molecule has 3 rings (SSSR count). The Hall–Kier alpha value is -1.34. The van der Waals surface area contributed by atoms with Crippen molar-refractivity contribution in [3.63, 3.8) is 0 Å². The van der Waals surface area contributed by atoms with Gasteiger partial charge in [-0.1, -0.05) is 56.7 Å². The zero-order valence-electron chi connectivity index (χ0n) is 13.2. The van der Waals surface area contributed by atoms with Crippen molar-refractivity contribution in [1.29, 1.82) is 0 Å². The summed E-state index contributed by atoms with van der Waals surface area (Å²) in [5.41, 5.74) is 4.34. The van der Waals surface area contributed by atoms with E-state index >= 15 is 0 Å². The third kappa shape index (κ3) is 2.79. The summed E-state index contributed by atoms with van der Waals surface area (Å²) >= 11 is 6.03. The van der Waals surface area contributed by atoms with Gasteiger partial charge in [-0.25, -0.2) is 4.39 Å². The molecule has 0 saturated heterocycles. The van der Waals surface area contributed by atoms with Crippen molar-refractivity contribution in [3.8, 4) is 11.1 Å². The first-order valence-electron chi connectivity index (χ1n) is 7.96. The Morgan fingerprint density at radius 2 is 1.91 bits per heavy atom. The summed E-state index contributed by atoms with van der Waals surface area (Å²) in [7, 11) is 0. The normalized spacial score (nSPS) is 20.3. The van der Waals surface area contributed by atoms with Crippen molar-refractivity contribution in [2.45, 2.75) is 44.9 Å². The van der Waals surface area contributed by atoms with Crippen LogP contribution in [0.4, 0.5) is 4.39 Å². The van der Waals surface area contributed by atoms with Gasteiger partial charge in [0.2, 0.25) is 0 Å². The van der Waals surface area contributed by atoms with Gasteiger partial charge >= 0.3 is 0 Å². The van der Waals surface area contributed by atoms with Gasteiger partial charge in [-0.05, 0) is 46.9 Å². The molecule has 2 aromatic carbocycles. The van der Waals surface area contributed by atoms with E-state index in [1.54, 1.807) is 6.07 Å². The molecule has 1 saturated carbocycles. The van der Waals surface area contributed by atoms with Gasteiger partial charge in [0, 0.05) is 11.4 Å². The monoisotopic (exact) mass is 316 g/mol. The minimum absolute atomic E-state index is 0.154. The summed E-state index contributed by atoms with van der Waals surface area (Å²) in [5, 5.41) is 0. The lowest BCUT2D eigenvalue weighted by molar-refractivity contribution is 0.332. The summed E-state index contributed by atoms with van der Waals surface area (Å²) < 4.78 is 14.3. The first kappa shape index (κ1) is 15.6. The Balaban J connectivity index is 2.17. The summed E-state index contributed by atoms with van der Waals surface area (Å²) in [6, 6.07) is 13.3. The van der Waals surface area contributed by atoms with Gasteiger partial charge < -0.3 is 0 Å². The van der Waals surface area contributed by atoms with Crippen molar-refractivity contribution in [3.05, 3.63) is 59.4 Å². The van der Waals surface area contributed by atoms with Crippen LogP contribution in [0.15, 0.2) is 42.5 Å². The molecule has 1 fully saturated rings. The quantitative estimate of drug-likeness (QED) is 0.565. The van der Waals surface area contributed by atoms with E-state index in [1.807, 2.05) is 24.3 Å². The highest BCUT2D eigenvalue weighted by molar-refractivity contribution is 6.17. The Morgan fingerprint density at radius 3 is 2.55 bits per heavy atom. The molecule has 0 nitrogen and oxygen atoms in total. The molecular weight excluding hydrogens is 295 g/mol. The molecule has 0 aliphatic heterocycles. The fraction of sp³-hybridized carbons (Fsp3) is 0.400. The SMILES string of the molecule is CC1(C)CCCC1c1cc(CCl)ccc1-c1ccccc1F. The highest BCUT2D eigenvalue weighted by atomic mass is 35.5. The summed E-state index contributed by atoms with van der Waals surface area (Å²) in [6.07, 6.45) is 3.62. The van der Waals surface area contributed by atoms with Gasteiger partial charge in [-0.3, -0.25) is 0 Å². The molecule has 0 aromatic heterocycles. The van der Waals surface area contributed by atoms with Crippen molar-refractivity contribution in [2.24, 2.45) is 5.41 Å². The highest BCUT2D eigenvalue weighted by Gasteiger charge is 2.36. The molecule has 1 aliphatic rings. The minimum atomic E-state index is -0.154. The number of halogens is 2. The maximum absolute atomic E-state index is 14.3. The molecule has 0 spiro atoms. The molecule has 1 aliphatic carbocycles. The first-order valence-corrected chi connectivity index (χ1v) is 8.50. The number of hydrogen-bond donors (Lipinski definition) is 0. The lowest BCUT2D eigenvalue weighted by Crippen LogP contribution is -2.16. The van der Waals surface area contributed by atoms with Gasteiger partial charge in [0.1, 0.15) is 5.82 Å². The zero-order valence-corrected chi connectivity index (χ0v) is 14.0. The maximum Gasteiger partial charge on any atom is 0.131 e. The average Bonchev–Trinajstić information content (AvgIpc) is 2.86. The molecule has 0 N–H and O–H groups in total. The first-order chi connectivity index (χ1) is 10.5. The molecule has 116 valence electrons. The van der Waals surface area contributed by atoms with Crippen LogP contribution in [0.2, 0.25) is 0 Å². The second kappa shape index (κ2) is 6.04. The summed E-state index contributed by atoms with van der Waals surface area (Å²) in [5.74, 6) is 0.806. The highest BCUT2D eigenvalue weighted by Crippen LogP contribution is 2.51. The second-order valence-corrected chi connectivity index (χ2v) is 7.24. The average molecular weight is 317 g/mol. The number of alkyl halides is 1. The van der Waals surface area contributed by atoms with E-state index in [0.29, 0.717) is 17.4 Å². The second-order valence-electron chi connectivity index (χ2n) is 6.97. The fourth-order valence-corrected chi connectivity index (χ4v) is 3.98. The topological polar surface area (TPSA) is 0 Å². The van der Waals surface area contributed by atoms with E-state index in [4.69, 9.17) is 11.6 Å². The predicted molar refractivity (Wildman–Crippen MR) is 91.8 cm³/mol. The smallest absolute Gasteiger partial charge is 0.131 e. The van der Waals surface area contributed by atoms with Crippen LogP contribution in [0.3, 0.4) is 0 Å².